The summed E-state index contributed by atoms with van der Waals surface area (Å²) in [7, 11) is -3.51. The standard InChI is InChI=1S/C16H13ClN4O2S2/c17-12-3-4-14-13(8-12)16(11(9-18)10-20-14)19-5-6-21-25(22,23)15-2-1-7-24-15/h1-4,7-8,10,21H,5-6H2,(H,19,20). The van der Waals surface area contributed by atoms with Crippen molar-refractivity contribution in [2.75, 3.05) is 18.4 Å². The average molecular weight is 393 g/mol. The lowest BCUT2D eigenvalue weighted by Gasteiger charge is -2.12. The predicted molar refractivity (Wildman–Crippen MR) is 99.5 cm³/mol. The van der Waals surface area contributed by atoms with E-state index in [0.717, 1.165) is 11.3 Å². The molecule has 2 heterocycles. The van der Waals surface area contributed by atoms with Crippen molar-refractivity contribution < 1.29 is 8.42 Å². The summed E-state index contributed by atoms with van der Waals surface area (Å²) < 4.78 is 26.9. The zero-order valence-corrected chi connectivity index (χ0v) is 15.2. The summed E-state index contributed by atoms with van der Waals surface area (Å²) in [5.41, 5.74) is 1.66. The molecule has 2 aromatic heterocycles. The van der Waals surface area contributed by atoms with Crippen LogP contribution in [-0.4, -0.2) is 26.5 Å². The minimum atomic E-state index is -3.51. The van der Waals surface area contributed by atoms with Crippen LogP contribution in [0, 0.1) is 11.3 Å². The maximum atomic E-state index is 12.1. The first-order valence-electron chi connectivity index (χ1n) is 7.26. The van der Waals surface area contributed by atoms with Crippen molar-refractivity contribution in [2.45, 2.75) is 4.21 Å². The lowest BCUT2D eigenvalue weighted by atomic mass is 10.1. The van der Waals surface area contributed by atoms with Crippen molar-refractivity contribution in [1.29, 1.82) is 5.26 Å². The van der Waals surface area contributed by atoms with E-state index in [1.165, 1.54) is 6.20 Å². The Morgan fingerprint density at radius 1 is 1.28 bits per heavy atom. The predicted octanol–water partition coefficient (Wildman–Crippen LogP) is 3.21. The van der Waals surface area contributed by atoms with Gasteiger partial charge >= 0.3 is 0 Å². The van der Waals surface area contributed by atoms with Crippen LogP contribution < -0.4 is 10.0 Å². The molecule has 0 radical (unpaired) electrons. The molecule has 128 valence electrons. The van der Waals surface area contributed by atoms with Gasteiger partial charge in [-0.3, -0.25) is 4.98 Å². The first-order chi connectivity index (χ1) is 12.0. The third-order valence-electron chi connectivity index (χ3n) is 3.43. The third-order valence-corrected chi connectivity index (χ3v) is 6.52. The van der Waals surface area contributed by atoms with Crippen molar-refractivity contribution in [3.05, 3.63) is 52.5 Å². The number of nitrogens with one attached hydrogen (secondary N) is 2. The molecule has 0 bridgehead atoms. The van der Waals surface area contributed by atoms with E-state index in [1.807, 2.05) is 0 Å². The van der Waals surface area contributed by atoms with Gasteiger partial charge in [0.15, 0.2) is 0 Å². The van der Waals surface area contributed by atoms with Crippen LogP contribution in [0.3, 0.4) is 0 Å². The van der Waals surface area contributed by atoms with Gasteiger partial charge in [0, 0.05) is 29.7 Å². The number of nitriles is 1. The normalized spacial score (nSPS) is 11.4. The number of hydrogen-bond acceptors (Lipinski definition) is 6. The van der Waals surface area contributed by atoms with E-state index in [4.69, 9.17) is 11.6 Å². The fourth-order valence-electron chi connectivity index (χ4n) is 2.30. The number of anilines is 1. The first kappa shape index (κ1) is 17.6. The number of sulfonamides is 1. The number of nitrogens with zero attached hydrogens (tertiary/aromatic N) is 2. The van der Waals surface area contributed by atoms with Crippen molar-refractivity contribution >= 4 is 49.6 Å². The van der Waals surface area contributed by atoms with E-state index in [-0.39, 0.29) is 10.8 Å². The molecular weight excluding hydrogens is 380 g/mol. The second-order valence-electron chi connectivity index (χ2n) is 5.08. The number of hydrogen-bond donors (Lipinski definition) is 2. The van der Waals surface area contributed by atoms with Gasteiger partial charge in [-0.15, -0.1) is 11.3 Å². The van der Waals surface area contributed by atoms with E-state index in [0.29, 0.717) is 33.7 Å². The molecule has 0 aliphatic rings. The van der Waals surface area contributed by atoms with Crippen molar-refractivity contribution in [3.8, 4) is 6.07 Å². The second-order valence-corrected chi connectivity index (χ2v) is 8.45. The molecule has 0 amide bonds. The molecule has 9 heteroatoms. The van der Waals surface area contributed by atoms with Crippen LogP contribution in [-0.2, 0) is 10.0 Å². The summed E-state index contributed by atoms with van der Waals surface area (Å²) in [6, 6.07) is 10.5. The number of thiophene rings is 1. The quantitative estimate of drug-likeness (QED) is 0.628. The molecule has 0 spiro atoms. The average Bonchev–Trinajstić information content (AvgIpc) is 3.14. The van der Waals surface area contributed by atoms with Crippen molar-refractivity contribution in [1.82, 2.24) is 9.71 Å². The molecular formula is C16H13ClN4O2S2. The van der Waals surface area contributed by atoms with Gasteiger partial charge in [0.05, 0.1) is 16.8 Å². The third kappa shape index (κ3) is 3.91. The Balaban J connectivity index is 1.75. The van der Waals surface area contributed by atoms with Gasteiger partial charge in [0.2, 0.25) is 10.0 Å². The van der Waals surface area contributed by atoms with Gasteiger partial charge < -0.3 is 5.32 Å². The lowest BCUT2D eigenvalue weighted by Crippen LogP contribution is -2.28. The van der Waals surface area contributed by atoms with Gasteiger partial charge in [-0.1, -0.05) is 17.7 Å². The van der Waals surface area contributed by atoms with E-state index < -0.39 is 10.0 Å². The number of rotatable bonds is 6. The molecule has 0 unspecified atom stereocenters. The summed E-state index contributed by atoms with van der Waals surface area (Å²) in [4.78, 5) is 4.22. The Bertz CT molecular complexity index is 1040. The van der Waals surface area contributed by atoms with Crippen molar-refractivity contribution in [3.63, 3.8) is 0 Å². The minimum absolute atomic E-state index is 0.176. The Hall–Kier alpha value is -2.18. The highest BCUT2D eigenvalue weighted by Gasteiger charge is 2.14. The number of pyridine rings is 1. The molecule has 2 N–H and O–H groups in total. The summed E-state index contributed by atoms with van der Waals surface area (Å²) in [5, 5.41) is 15.3. The Morgan fingerprint density at radius 2 is 2.12 bits per heavy atom. The highest BCUT2D eigenvalue weighted by molar-refractivity contribution is 7.91. The molecule has 3 aromatic rings. The molecule has 0 fully saturated rings. The number of halogens is 1. The minimum Gasteiger partial charge on any atom is -0.382 e. The highest BCUT2D eigenvalue weighted by atomic mass is 35.5. The summed E-state index contributed by atoms with van der Waals surface area (Å²) in [6.07, 6.45) is 1.48. The van der Waals surface area contributed by atoms with Crippen LogP contribution in [0.25, 0.3) is 10.9 Å². The highest BCUT2D eigenvalue weighted by Crippen LogP contribution is 2.27. The fourth-order valence-corrected chi connectivity index (χ4v) is 4.54. The first-order valence-corrected chi connectivity index (χ1v) is 10.0. The molecule has 6 nitrogen and oxygen atoms in total. The molecule has 3 rings (SSSR count). The van der Waals surface area contributed by atoms with Gasteiger partial charge in [0.25, 0.3) is 0 Å². The largest absolute Gasteiger partial charge is 0.382 e. The summed E-state index contributed by atoms with van der Waals surface area (Å²) >= 11 is 7.19. The number of benzene rings is 1. The molecule has 0 aliphatic carbocycles. The maximum absolute atomic E-state index is 12.1. The van der Waals surface area contributed by atoms with Crippen LogP contribution in [0.15, 0.2) is 46.1 Å². The molecule has 0 saturated carbocycles. The molecule has 0 aliphatic heterocycles. The topological polar surface area (TPSA) is 94.9 Å². The van der Waals surface area contributed by atoms with E-state index in [1.54, 1.807) is 35.7 Å². The van der Waals surface area contributed by atoms with Crippen LogP contribution >= 0.6 is 22.9 Å². The Labute approximate surface area is 154 Å². The summed E-state index contributed by atoms with van der Waals surface area (Å²) in [5.74, 6) is 0. The number of fused-ring (bicyclic) bond motifs is 1. The Morgan fingerprint density at radius 3 is 2.84 bits per heavy atom. The molecule has 1 aromatic carbocycles. The summed E-state index contributed by atoms with van der Waals surface area (Å²) in [6.45, 7) is 0.487. The SMILES string of the molecule is N#Cc1cnc2ccc(Cl)cc2c1NCCNS(=O)(=O)c1cccs1. The zero-order valence-electron chi connectivity index (χ0n) is 12.9. The van der Waals surface area contributed by atoms with Gasteiger partial charge in [-0.2, -0.15) is 5.26 Å². The molecule has 25 heavy (non-hydrogen) atoms. The monoisotopic (exact) mass is 392 g/mol. The molecule has 0 saturated heterocycles. The van der Waals surface area contributed by atoms with Gasteiger partial charge in [-0.25, -0.2) is 13.1 Å². The zero-order chi connectivity index (χ0) is 17.9. The maximum Gasteiger partial charge on any atom is 0.250 e. The van der Waals surface area contributed by atoms with Crippen LogP contribution in [0.5, 0.6) is 0 Å². The Kier molecular flexibility index (Phi) is 5.20. The van der Waals surface area contributed by atoms with Gasteiger partial charge in [-0.05, 0) is 29.6 Å². The fraction of sp³-hybridized carbons (Fsp3) is 0.125. The van der Waals surface area contributed by atoms with E-state index in [2.05, 4.69) is 21.1 Å². The van der Waals surface area contributed by atoms with Crippen LogP contribution in [0.1, 0.15) is 5.56 Å². The lowest BCUT2D eigenvalue weighted by molar-refractivity contribution is 0.585. The smallest absolute Gasteiger partial charge is 0.250 e. The van der Waals surface area contributed by atoms with Crippen molar-refractivity contribution in [2.24, 2.45) is 0 Å². The van der Waals surface area contributed by atoms with E-state index >= 15 is 0 Å². The second kappa shape index (κ2) is 7.37. The van der Waals surface area contributed by atoms with Crippen LogP contribution in [0.2, 0.25) is 5.02 Å². The molecule has 0 atom stereocenters. The number of aromatic nitrogens is 1. The van der Waals surface area contributed by atoms with E-state index in [9.17, 15) is 13.7 Å². The van der Waals surface area contributed by atoms with Gasteiger partial charge in [0.1, 0.15) is 10.3 Å². The van der Waals surface area contributed by atoms with Crippen LogP contribution in [0.4, 0.5) is 5.69 Å².